The highest BCUT2D eigenvalue weighted by molar-refractivity contribution is 5.83. The van der Waals surface area contributed by atoms with Crippen molar-refractivity contribution < 1.29 is 14.3 Å². The van der Waals surface area contributed by atoms with Crippen LogP contribution in [0.15, 0.2) is 0 Å². The molecule has 1 fully saturated rings. The molecule has 1 aliphatic rings. The summed E-state index contributed by atoms with van der Waals surface area (Å²) in [5.74, 6) is -0.0102. The number of carbonyl (C=O) groups excluding carboxylic acids is 2. The van der Waals surface area contributed by atoms with Crippen molar-refractivity contribution in [1.29, 1.82) is 0 Å². The summed E-state index contributed by atoms with van der Waals surface area (Å²) in [7, 11) is 1.53. The zero-order chi connectivity index (χ0) is 15.3. The average Bonchev–Trinajstić information content (AvgIpc) is 2.44. The lowest BCUT2D eigenvalue weighted by atomic mass is 10.0. The minimum Gasteiger partial charge on any atom is -0.383 e. The van der Waals surface area contributed by atoms with Gasteiger partial charge in [0.1, 0.15) is 6.04 Å². The van der Waals surface area contributed by atoms with Crippen molar-refractivity contribution in [3.8, 4) is 0 Å². The van der Waals surface area contributed by atoms with Gasteiger partial charge in [-0.3, -0.25) is 9.59 Å². The lowest BCUT2D eigenvalue weighted by Crippen LogP contribution is -2.63. The van der Waals surface area contributed by atoms with Gasteiger partial charge in [-0.25, -0.2) is 0 Å². The first-order valence-corrected chi connectivity index (χ1v) is 7.28. The van der Waals surface area contributed by atoms with Crippen LogP contribution in [-0.2, 0) is 14.3 Å². The molecule has 0 bridgehead atoms. The summed E-state index contributed by atoms with van der Waals surface area (Å²) in [5.41, 5.74) is 5.86. The van der Waals surface area contributed by atoms with E-state index in [2.05, 4.69) is 0 Å². The Morgan fingerprint density at radius 2 is 1.70 bits per heavy atom. The molecule has 2 amide bonds. The summed E-state index contributed by atoms with van der Waals surface area (Å²) in [4.78, 5) is 27.8. The molecular weight excluding hydrogens is 258 g/mol. The Morgan fingerprint density at radius 1 is 1.20 bits per heavy atom. The van der Waals surface area contributed by atoms with Crippen LogP contribution in [0.3, 0.4) is 0 Å². The second kappa shape index (κ2) is 7.59. The number of carbonyl (C=O) groups is 2. The third-order valence-electron chi connectivity index (χ3n) is 3.99. The highest BCUT2D eigenvalue weighted by Gasteiger charge is 2.37. The molecule has 1 saturated heterocycles. The zero-order valence-corrected chi connectivity index (χ0v) is 13.0. The van der Waals surface area contributed by atoms with Gasteiger partial charge >= 0.3 is 0 Å². The van der Waals surface area contributed by atoms with E-state index in [0.717, 1.165) is 12.8 Å². The van der Waals surface area contributed by atoms with Crippen LogP contribution in [0.25, 0.3) is 0 Å². The van der Waals surface area contributed by atoms with Gasteiger partial charge in [-0.1, -0.05) is 13.8 Å². The molecule has 1 rings (SSSR count). The molecule has 0 aromatic carbocycles. The molecule has 20 heavy (non-hydrogen) atoms. The average molecular weight is 285 g/mol. The van der Waals surface area contributed by atoms with Crippen molar-refractivity contribution >= 4 is 11.8 Å². The van der Waals surface area contributed by atoms with Gasteiger partial charge in [0.2, 0.25) is 11.8 Å². The SMILES string of the molecule is CCC1CN(C(=O)C(N)COC)C(CC)CN1C(C)=O. The van der Waals surface area contributed by atoms with Crippen molar-refractivity contribution in [2.24, 2.45) is 5.73 Å². The maximum absolute atomic E-state index is 12.4. The monoisotopic (exact) mass is 285 g/mol. The van der Waals surface area contributed by atoms with E-state index in [1.54, 1.807) is 6.92 Å². The Morgan fingerprint density at radius 3 is 2.15 bits per heavy atom. The minimum absolute atomic E-state index is 0.0390. The predicted octanol–water partition coefficient (Wildman–Crippen LogP) is 0.208. The first-order chi connectivity index (χ1) is 9.46. The van der Waals surface area contributed by atoms with E-state index < -0.39 is 6.04 Å². The van der Waals surface area contributed by atoms with Crippen LogP contribution in [-0.4, -0.2) is 66.5 Å². The zero-order valence-electron chi connectivity index (χ0n) is 13.0. The van der Waals surface area contributed by atoms with Crippen LogP contribution in [0.1, 0.15) is 33.6 Å². The predicted molar refractivity (Wildman–Crippen MR) is 77.1 cm³/mol. The quantitative estimate of drug-likeness (QED) is 0.783. The standard InChI is InChI=1S/C14H27N3O3/c1-5-11-8-17(14(19)13(15)9-20-4)12(6-2)7-16(11)10(3)18/h11-13H,5-9,15H2,1-4H3. The topological polar surface area (TPSA) is 75.9 Å². The van der Waals surface area contributed by atoms with Crippen LogP contribution >= 0.6 is 0 Å². The molecular formula is C14H27N3O3. The molecule has 3 atom stereocenters. The lowest BCUT2D eigenvalue weighted by Gasteiger charge is -2.46. The first kappa shape index (κ1) is 16.9. The number of hydrogen-bond donors (Lipinski definition) is 1. The summed E-state index contributed by atoms with van der Waals surface area (Å²) < 4.78 is 4.96. The van der Waals surface area contributed by atoms with Gasteiger partial charge in [-0.2, -0.15) is 0 Å². The fraction of sp³-hybridized carbons (Fsp3) is 0.857. The van der Waals surface area contributed by atoms with E-state index in [4.69, 9.17) is 10.5 Å². The van der Waals surface area contributed by atoms with Crippen LogP contribution in [0.2, 0.25) is 0 Å². The lowest BCUT2D eigenvalue weighted by molar-refractivity contribution is -0.147. The molecule has 1 heterocycles. The van der Waals surface area contributed by atoms with E-state index in [1.165, 1.54) is 7.11 Å². The van der Waals surface area contributed by atoms with Gasteiger partial charge in [0, 0.05) is 39.2 Å². The Balaban J connectivity index is 2.85. The Bertz CT molecular complexity index is 349. The third kappa shape index (κ3) is 3.70. The molecule has 0 aliphatic carbocycles. The summed E-state index contributed by atoms with van der Waals surface area (Å²) in [6.45, 7) is 7.02. The van der Waals surface area contributed by atoms with Crippen molar-refractivity contribution in [2.75, 3.05) is 26.8 Å². The fourth-order valence-electron chi connectivity index (χ4n) is 2.77. The number of amides is 2. The second-order valence-electron chi connectivity index (χ2n) is 5.35. The molecule has 0 saturated carbocycles. The smallest absolute Gasteiger partial charge is 0.242 e. The molecule has 0 aromatic rings. The summed E-state index contributed by atoms with van der Waals surface area (Å²) in [5, 5.41) is 0. The van der Waals surface area contributed by atoms with E-state index in [9.17, 15) is 9.59 Å². The van der Waals surface area contributed by atoms with Gasteiger partial charge in [-0.15, -0.1) is 0 Å². The largest absolute Gasteiger partial charge is 0.383 e. The Hall–Kier alpha value is -1.14. The molecule has 6 heteroatoms. The van der Waals surface area contributed by atoms with Crippen molar-refractivity contribution in [3.63, 3.8) is 0 Å². The molecule has 0 radical (unpaired) electrons. The summed E-state index contributed by atoms with van der Waals surface area (Å²) in [6.07, 6.45) is 1.64. The number of hydrogen-bond acceptors (Lipinski definition) is 4. The summed E-state index contributed by atoms with van der Waals surface area (Å²) in [6, 6.07) is -0.512. The normalized spacial score (nSPS) is 24.6. The van der Waals surface area contributed by atoms with Crippen molar-refractivity contribution in [1.82, 2.24) is 9.80 Å². The van der Waals surface area contributed by atoms with Gasteiger partial charge in [-0.05, 0) is 12.8 Å². The van der Waals surface area contributed by atoms with Crippen LogP contribution in [0.5, 0.6) is 0 Å². The van der Waals surface area contributed by atoms with Crippen molar-refractivity contribution in [3.05, 3.63) is 0 Å². The number of nitrogens with zero attached hydrogens (tertiary/aromatic N) is 2. The van der Waals surface area contributed by atoms with E-state index in [1.807, 2.05) is 23.6 Å². The van der Waals surface area contributed by atoms with E-state index >= 15 is 0 Å². The van der Waals surface area contributed by atoms with Crippen molar-refractivity contribution in [2.45, 2.75) is 51.7 Å². The fourth-order valence-corrected chi connectivity index (χ4v) is 2.77. The number of rotatable bonds is 5. The van der Waals surface area contributed by atoms with Crippen LogP contribution in [0.4, 0.5) is 0 Å². The van der Waals surface area contributed by atoms with E-state index in [0.29, 0.717) is 13.1 Å². The molecule has 0 aromatic heterocycles. The van der Waals surface area contributed by atoms with Crippen LogP contribution < -0.4 is 5.73 Å². The highest BCUT2D eigenvalue weighted by atomic mass is 16.5. The third-order valence-corrected chi connectivity index (χ3v) is 3.99. The molecule has 3 unspecified atom stereocenters. The summed E-state index contributed by atoms with van der Waals surface area (Å²) >= 11 is 0. The van der Waals surface area contributed by atoms with Gasteiger partial charge < -0.3 is 20.3 Å². The van der Waals surface area contributed by atoms with Gasteiger partial charge in [0.05, 0.1) is 6.61 Å². The molecule has 6 nitrogen and oxygen atoms in total. The first-order valence-electron chi connectivity index (χ1n) is 7.28. The molecule has 0 spiro atoms. The number of nitrogens with two attached hydrogens (primary N) is 1. The molecule has 116 valence electrons. The van der Waals surface area contributed by atoms with Gasteiger partial charge in [0.15, 0.2) is 0 Å². The Labute approximate surface area is 121 Å². The molecule has 1 aliphatic heterocycles. The van der Waals surface area contributed by atoms with Crippen LogP contribution in [0, 0.1) is 0 Å². The number of piperazine rings is 1. The highest BCUT2D eigenvalue weighted by Crippen LogP contribution is 2.20. The second-order valence-corrected chi connectivity index (χ2v) is 5.35. The maximum atomic E-state index is 12.4. The van der Waals surface area contributed by atoms with Gasteiger partial charge in [0.25, 0.3) is 0 Å². The maximum Gasteiger partial charge on any atom is 0.242 e. The number of ether oxygens (including phenoxy) is 1. The minimum atomic E-state index is -0.629. The number of methoxy groups -OCH3 is 1. The Kier molecular flexibility index (Phi) is 6.42. The van der Waals surface area contributed by atoms with E-state index in [-0.39, 0.29) is 30.5 Å². The molecule has 2 N–H and O–H groups in total.